The number of carbonyl (C=O) groups excluding carboxylic acids is 1. The van der Waals surface area contributed by atoms with Crippen molar-refractivity contribution in [2.24, 2.45) is 5.10 Å². The van der Waals surface area contributed by atoms with Crippen molar-refractivity contribution in [2.45, 2.75) is 33.4 Å². The van der Waals surface area contributed by atoms with Crippen LogP contribution in [-0.4, -0.2) is 23.2 Å². The van der Waals surface area contributed by atoms with Crippen LogP contribution in [-0.2, 0) is 17.9 Å². The topological polar surface area (TPSA) is 56.7 Å². The molecule has 150 valence electrons. The molecule has 1 amide bonds. The Bertz CT molecular complexity index is 928. The molecule has 0 bridgehead atoms. The number of nitrogens with one attached hydrogen (secondary N) is 2. The van der Waals surface area contributed by atoms with Gasteiger partial charge >= 0.3 is 0 Å². The molecule has 0 atom stereocenters. The minimum Gasteiger partial charge on any atom is -0.385 e. The fourth-order valence-corrected chi connectivity index (χ4v) is 3.06. The number of nitrogens with zero attached hydrogens (tertiary/aromatic N) is 2. The molecule has 0 radical (unpaired) electrons. The zero-order valence-electron chi connectivity index (χ0n) is 17.1. The maximum absolute atomic E-state index is 11.4. The summed E-state index contributed by atoms with van der Waals surface area (Å²) in [6.07, 6.45) is 4.48. The molecule has 1 aliphatic heterocycles. The Morgan fingerprint density at radius 1 is 1.07 bits per heavy atom. The van der Waals surface area contributed by atoms with E-state index in [0.717, 1.165) is 34.8 Å². The zero-order chi connectivity index (χ0) is 20.6. The lowest BCUT2D eigenvalue weighted by atomic mass is 10.1. The first-order valence-electron chi connectivity index (χ1n) is 10.0. The minimum absolute atomic E-state index is 0.0565. The van der Waals surface area contributed by atoms with Gasteiger partial charge < -0.3 is 10.6 Å². The van der Waals surface area contributed by atoms with E-state index in [4.69, 9.17) is 5.10 Å². The van der Waals surface area contributed by atoms with Gasteiger partial charge in [0.25, 0.3) is 0 Å². The molecule has 29 heavy (non-hydrogen) atoms. The van der Waals surface area contributed by atoms with Gasteiger partial charge in [-0.1, -0.05) is 49.9 Å². The smallest absolute Gasteiger partial charge is 0.219 e. The number of allylic oxidation sites excluding steroid dienone is 2. The van der Waals surface area contributed by atoms with Gasteiger partial charge in [0.2, 0.25) is 5.91 Å². The van der Waals surface area contributed by atoms with Gasteiger partial charge in [0.1, 0.15) is 0 Å². The molecule has 5 heteroatoms. The largest absolute Gasteiger partial charge is 0.385 e. The average molecular weight is 389 g/mol. The van der Waals surface area contributed by atoms with Gasteiger partial charge in [-0.2, -0.15) is 5.10 Å². The summed E-state index contributed by atoms with van der Waals surface area (Å²) >= 11 is 0. The van der Waals surface area contributed by atoms with Crippen LogP contribution in [0, 0.1) is 0 Å². The highest BCUT2D eigenvalue weighted by atomic mass is 16.1. The molecule has 0 aliphatic carbocycles. The van der Waals surface area contributed by atoms with Crippen molar-refractivity contribution < 1.29 is 4.79 Å². The lowest BCUT2D eigenvalue weighted by molar-refractivity contribution is -0.120. The molecule has 0 aromatic heterocycles. The highest BCUT2D eigenvalue weighted by Gasteiger charge is 2.13. The van der Waals surface area contributed by atoms with Gasteiger partial charge in [-0.05, 0) is 42.3 Å². The molecule has 5 nitrogen and oxygen atoms in total. The van der Waals surface area contributed by atoms with Crippen LogP contribution in [0.2, 0.25) is 0 Å². The monoisotopic (exact) mass is 388 g/mol. The molecular weight excluding hydrogens is 360 g/mol. The molecule has 3 rings (SSSR count). The number of rotatable bonds is 8. The summed E-state index contributed by atoms with van der Waals surface area (Å²) in [5.74, 6) is 0.0565. The second kappa shape index (κ2) is 9.73. The molecule has 0 saturated carbocycles. The van der Waals surface area contributed by atoms with Crippen LogP contribution in [0.25, 0.3) is 0 Å². The van der Waals surface area contributed by atoms with Gasteiger partial charge in [0.15, 0.2) is 0 Å². The highest BCUT2D eigenvalue weighted by Crippen LogP contribution is 2.20. The number of hydrazone groups is 1. The van der Waals surface area contributed by atoms with Crippen molar-refractivity contribution in [3.63, 3.8) is 0 Å². The number of hydrogen-bond acceptors (Lipinski definition) is 4. The second-order valence-electron chi connectivity index (χ2n) is 6.93. The van der Waals surface area contributed by atoms with E-state index in [1.165, 1.54) is 5.56 Å². The number of benzene rings is 2. The van der Waals surface area contributed by atoms with E-state index in [0.29, 0.717) is 19.5 Å². The molecule has 0 unspecified atom stereocenters. The highest BCUT2D eigenvalue weighted by molar-refractivity contribution is 6.09. The molecule has 1 heterocycles. The van der Waals surface area contributed by atoms with E-state index in [1.54, 1.807) is 0 Å². The first kappa shape index (κ1) is 20.4. The number of amides is 1. The van der Waals surface area contributed by atoms with Crippen LogP contribution in [0.3, 0.4) is 0 Å². The van der Waals surface area contributed by atoms with Crippen LogP contribution in [0.15, 0.2) is 78.1 Å². The zero-order valence-corrected chi connectivity index (χ0v) is 17.1. The summed E-state index contributed by atoms with van der Waals surface area (Å²) in [5.41, 5.74) is 6.14. The lowest BCUT2D eigenvalue weighted by Crippen LogP contribution is -2.22. The summed E-state index contributed by atoms with van der Waals surface area (Å²) in [6.45, 7) is 10.1. The Kier molecular flexibility index (Phi) is 6.85. The summed E-state index contributed by atoms with van der Waals surface area (Å²) in [5, 5.41) is 13.0. The number of carbonyl (C=O) groups is 1. The Hall–Kier alpha value is -3.34. The van der Waals surface area contributed by atoms with E-state index < -0.39 is 0 Å². The van der Waals surface area contributed by atoms with E-state index >= 15 is 0 Å². The van der Waals surface area contributed by atoms with Gasteiger partial charge in [0.05, 0.1) is 18.0 Å². The lowest BCUT2D eigenvalue weighted by Gasteiger charge is -2.24. The van der Waals surface area contributed by atoms with Crippen LogP contribution in [0.1, 0.15) is 37.0 Å². The average Bonchev–Trinajstić information content (AvgIpc) is 2.74. The standard InChI is InChI=1S/C24H28N4O/c1-4-24(29)26-16-19-10-12-21(13-11-19)23-14-9-18(3)28(27-23)17-20-7-6-8-22(15-20)25-5-2/h6-15,25H,3-5,16-17H2,1-2H3,(H,26,29). The third-order valence-corrected chi connectivity index (χ3v) is 4.69. The SMILES string of the molecule is C=C1C=CC(c2ccc(CNC(=O)CC)cc2)=NN1Cc1cccc(NCC)c1. The Morgan fingerprint density at radius 2 is 1.86 bits per heavy atom. The Morgan fingerprint density at radius 3 is 2.59 bits per heavy atom. The third-order valence-electron chi connectivity index (χ3n) is 4.69. The second-order valence-corrected chi connectivity index (χ2v) is 6.93. The van der Waals surface area contributed by atoms with Gasteiger partial charge in [0, 0.05) is 30.8 Å². The maximum Gasteiger partial charge on any atom is 0.219 e. The van der Waals surface area contributed by atoms with Crippen molar-refractivity contribution in [1.29, 1.82) is 0 Å². The first-order chi connectivity index (χ1) is 14.1. The summed E-state index contributed by atoms with van der Waals surface area (Å²) < 4.78 is 0. The van der Waals surface area contributed by atoms with Crippen LogP contribution >= 0.6 is 0 Å². The summed E-state index contributed by atoms with van der Waals surface area (Å²) in [4.78, 5) is 11.4. The van der Waals surface area contributed by atoms with Crippen LogP contribution < -0.4 is 10.6 Å². The molecule has 0 fully saturated rings. The summed E-state index contributed by atoms with van der Waals surface area (Å²) in [7, 11) is 0. The molecule has 1 aliphatic rings. The molecular formula is C24H28N4O. The first-order valence-corrected chi connectivity index (χ1v) is 10.0. The van der Waals surface area contributed by atoms with E-state index in [1.807, 2.05) is 48.4 Å². The molecule has 2 aromatic rings. The van der Waals surface area contributed by atoms with Crippen molar-refractivity contribution >= 4 is 17.3 Å². The van der Waals surface area contributed by atoms with Crippen LogP contribution in [0.4, 0.5) is 5.69 Å². The molecule has 0 saturated heterocycles. The summed E-state index contributed by atoms with van der Waals surface area (Å²) in [6, 6.07) is 16.5. The molecule has 0 spiro atoms. The van der Waals surface area contributed by atoms with E-state index in [9.17, 15) is 4.79 Å². The van der Waals surface area contributed by atoms with E-state index in [2.05, 4.69) is 48.4 Å². The quantitative estimate of drug-likeness (QED) is 0.703. The molecule has 2 aromatic carbocycles. The Labute approximate surface area is 172 Å². The maximum atomic E-state index is 11.4. The third kappa shape index (κ3) is 5.57. The van der Waals surface area contributed by atoms with Gasteiger partial charge in [-0.3, -0.25) is 9.80 Å². The van der Waals surface area contributed by atoms with Crippen molar-refractivity contribution in [3.05, 3.63) is 89.6 Å². The Balaban J connectivity index is 1.71. The van der Waals surface area contributed by atoms with Crippen LogP contribution in [0.5, 0.6) is 0 Å². The fourth-order valence-electron chi connectivity index (χ4n) is 3.06. The predicted molar refractivity (Wildman–Crippen MR) is 120 cm³/mol. The fraction of sp³-hybridized carbons (Fsp3) is 0.250. The van der Waals surface area contributed by atoms with Crippen molar-refractivity contribution in [2.75, 3.05) is 11.9 Å². The predicted octanol–water partition coefficient (Wildman–Crippen LogP) is 4.43. The minimum atomic E-state index is 0.0565. The van der Waals surface area contributed by atoms with Crippen molar-refractivity contribution in [1.82, 2.24) is 10.3 Å². The number of hydrogen-bond donors (Lipinski definition) is 2. The van der Waals surface area contributed by atoms with Gasteiger partial charge in [-0.15, -0.1) is 0 Å². The molecule has 2 N–H and O–H groups in total. The normalized spacial score (nSPS) is 13.2. The van der Waals surface area contributed by atoms with Crippen molar-refractivity contribution in [3.8, 4) is 0 Å². The van der Waals surface area contributed by atoms with Gasteiger partial charge in [-0.25, -0.2) is 0 Å². The number of anilines is 1. The van der Waals surface area contributed by atoms with E-state index in [-0.39, 0.29) is 5.91 Å².